The van der Waals surface area contributed by atoms with Crippen LogP contribution in [-0.2, 0) is 0 Å². The highest BCUT2D eigenvalue weighted by atomic mass is 32.1. The van der Waals surface area contributed by atoms with Crippen LogP contribution in [0.25, 0.3) is 0 Å². The van der Waals surface area contributed by atoms with Gasteiger partial charge in [0.1, 0.15) is 5.75 Å². The number of methoxy groups -OCH3 is 1. The third-order valence-electron chi connectivity index (χ3n) is 5.01. The topological polar surface area (TPSA) is 96.5 Å². The normalized spacial score (nSPS) is 17.0. The molecule has 1 aromatic carbocycles. The Hall–Kier alpha value is -2.52. The molecule has 2 aromatic rings. The SMILES string of the molecule is COc1ccc(NC(=O)c2nnc(C(=O)NCCCN3CCCCC3C)s2)cc1. The molecule has 3 rings (SSSR count). The summed E-state index contributed by atoms with van der Waals surface area (Å²) in [6.45, 7) is 4.96. The van der Waals surface area contributed by atoms with E-state index in [4.69, 9.17) is 4.74 Å². The lowest BCUT2D eigenvalue weighted by molar-refractivity contribution is 0.0946. The number of benzene rings is 1. The third-order valence-corrected chi connectivity index (χ3v) is 5.93. The number of ether oxygens (including phenoxy) is 1. The highest BCUT2D eigenvalue weighted by Gasteiger charge is 2.19. The first-order chi connectivity index (χ1) is 14.1. The molecule has 0 bridgehead atoms. The fourth-order valence-electron chi connectivity index (χ4n) is 3.32. The van der Waals surface area contributed by atoms with Crippen molar-refractivity contribution in [3.63, 3.8) is 0 Å². The second-order valence-corrected chi connectivity index (χ2v) is 8.06. The molecule has 8 nitrogen and oxygen atoms in total. The number of likely N-dealkylation sites (tertiary alicyclic amines) is 1. The molecule has 1 fully saturated rings. The molecule has 1 aliphatic heterocycles. The van der Waals surface area contributed by atoms with Gasteiger partial charge in [-0.3, -0.25) is 9.59 Å². The molecule has 0 aliphatic carbocycles. The Kier molecular flexibility index (Phi) is 7.54. The number of carbonyl (C=O) groups is 2. The molecule has 2 N–H and O–H groups in total. The van der Waals surface area contributed by atoms with Gasteiger partial charge in [-0.15, -0.1) is 10.2 Å². The first-order valence-electron chi connectivity index (χ1n) is 9.88. The van der Waals surface area contributed by atoms with Crippen LogP contribution in [0, 0.1) is 0 Å². The Balaban J connectivity index is 1.44. The van der Waals surface area contributed by atoms with E-state index in [-0.39, 0.29) is 15.9 Å². The van der Waals surface area contributed by atoms with Gasteiger partial charge in [-0.05, 0) is 57.0 Å². The summed E-state index contributed by atoms with van der Waals surface area (Å²) in [5, 5.41) is 13.6. The Morgan fingerprint density at radius 3 is 2.59 bits per heavy atom. The standard InChI is InChI=1S/C20H27N5O3S/c1-14-6-3-4-12-25(14)13-5-11-21-17(26)19-23-24-20(29-19)18(27)22-15-7-9-16(28-2)10-8-15/h7-10,14H,3-6,11-13H2,1-2H3,(H,21,26)(H,22,27). The molecule has 29 heavy (non-hydrogen) atoms. The summed E-state index contributed by atoms with van der Waals surface area (Å²) in [7, 11) is 1.58. The summed E-state index contributed by atoms with van der Waals surface area (Å²) in [5.41, 5.74) is 0.615. The first kappa shape index (κ1) is 21.2. The molecular formula is C20H27N5O3S. The second-order valence-electron chi connectivity index (χ2n) is 7.09. The number of anilines is 1. The molecule has 0 spiro atoms. The van der Waals surface area contributed by atoms with Crippen LogP contribution in [0.2, 0.25) is 0 Å². The Morgan fingerprint density at radius 1 is 1.17 bits per heavy atom. The third kappa shape index (κ3) is 5.98. The van der Waals surface area contributed by atoms with Gasteiger partial charge in [-0.1, -0.05) is 17.8 Å². The number of aromatic nitrogens is 2. The van der Waals surface area contributed by atoms with Crippen molar-refractivity contribution in [1.82, 2.24) is 20.4 Å². The lowest BCUT2D eigenvalue weighted by Crippen LogP contribution is -2.39. The fraction of sp³-hybridized carbons (Fsp3) is 0.500. The zero-order valence-corrected chi connectivity index (χ0v) is 17.6. The van der Waals surface area contributed by atoms with Crippen molar-refractivity contribution in [2.45, 2.75) is 38.6 Å². The number of hydrogen-bond donors (Lipinski definition) is 2. The summed E-state index contributed by atoms with van der Waals surface area (Å²) in [4.78, 5) is 27.0. The van der Waals surface area contributed by atoms with E-state index in [0.717, 1.165) is 30.8 Å². The molecule has 1 atom stereocenters. The van der Waals surface area contributed by atoms with E-state index in [2.05, 4.69) is 32.7 Å². The van der Waals surface area contributed by atoms with E-state index in [1.807, 2.05) is 0 Å². The van der Waals surface area contributed by atoms with Gasteiger partial charge in [0.25, 0.3) is 11.8 Å². The van der Waals surface area contributed by atoms with Crippen LogP contribution in [0.1, 0.15) is 52.2 Å². The summed E-state index contributed by atoms with van der Waals surface area (Å²) < 4.78 is 5.09. The van der Waals surface area contributed by atoms with Crippen molar-refractivity contribution in [1.29, 1.82) is 0 Å². The van der Waals surface area contributed by atoms with Crippen molar-refractivity contribution >= 4 is 28.8 Å². The molecule has 2 heterocycles. The van der Waals surface area contributed by atoms with E-state index >= 15 is 0 Å². The number of piperidine rings is 1. The molecule has 156 valence electrons. The number of hydrogen-bond acceptors (Lipinski definition) is 7. The zero-order chi connectivity index (χ0) is 20.6. The van der Waals surface area contributed by atoms with Crippen LogP contribution >= 0.6 is 11.3 Å². The maximum absolute atomic E-state index is 12.3. The lowest BCUT2D eigenvalue weighted by Gasteiger charge is -2.33. The maximum atomic E-state index is 12.3. The number of rotatable bonds is 8. The molecule has 0 saturated carbocycles. The summed E-state index contributed by atoms with van der Waals surface area (Å²) in [6.07, 6.45) is 4.70. The largest absolute Gasteiger partial charge is 0.497 e. The summed E-state index contributed by atoms with van der Waals surface area (Å²) in [5.74, 6) is 0.0103. The molecule has 9 heteroatoms. The number of amides is 2. The van der Waals surface area contributed by atoms with Gasteiger partial charge < -0.3 is 20.3 Å². The number of nitrogens with zero attached hydrogens (tertiary/aromatic N) is 3. The van der Waals surface area contributed by atoms with Gasteiger partial charge in [0.2, 0.25) is 10.0 Å². The molecular weight excluding hydrogens is 390 g/mol. The maximum Gasteiger partial charge on any atom is 0.286 e. The van der Waals surface area contributed by atoms with Gasteiger partial charge in [0.05, 0.1) is 7.11 Å². The van der Waals surface area contributed by atoms with E-state index < -0.39 is 5.91 Å². The summed E-state index contributed by atoms with van der Waals surface area (Å²) >= 11 is 0.981. The van der Waals surface area contributed by atoms with Crippen LogP contribution in [-0.4, -0.2) is 59.7 Å². The Labute approximate surface area is 174 Å². The van der Waals surface area contributed by atoms with Gasteiger partial charge in [-0.2, -0.15) is 0 Å². The van der Waals surface area contributed by atoms with Crippen LogP contribution in [0.5, 0.6) is 5.75 Å². The van der Waals surface area contributed by atoms with E-state index in [0.29, 0.717) is 24.0 Å². The average molecular weight is 418 g/mol. The van der Waals surface area contributed by atoms with E-state index in [9.17, 15) is 9.59 Å². The second kappa shape index (κ2) is 10.3. The predicted octanol–water partition coefficient (Wildman–Crippen LogP) is 2.79. The van der Waals surface area contributed by atoms with Crippen LogP contribution in [0.3, 0.4) is 0 Å². The lowest BCUT2D eigenvalue weighted by atomic mass is 10.0. The minimum absolute atomic E-state index is 0.146. The Morgan fingerprint density at radius 2 is 1.90 bits per heavy atom. The highest BCUT2D eigenvalue weighted by Crippen LogP contribution is 2.18. The first-order valence-corrected chi connectivity index (χ1v) is 10.7. The minimum atomic E-state index is -0.397. The van der Waals surface area contributed by atoms with Gasteiger partial charge >= 0.3 is 0 Å². The van der Waals surface area contributed by atoms with Crippen molar-refractivity contribution in [3.8, 4) is 5.75 Å². The smallest absolute Gasteiger partial charge is 0.286 e. The van der Waals surface area contributed by atoms with Crippen LogP contribution < -0.4 is 15.4 Å². The molecule has 1 aliphatic rings. The van der Waals surface area contributed by atoms with Crippen LogP contribution in [0.15, 0.2) is 24.3 Å². The van der Waals surface area contributed by atoms with Crippen molar-refractivity contribution < 1.29 is 14.3 Å². The molecule has 0 radical (unpaired) electrons. The van der Waals surface area contributed by atoms with Gasteiger partial charge in [0, 0.05) is 24.8 Å². The quantitative estimate of drug-likeness (QED) is 0.641. The average Bonchev–Trinajstić information content (AvgIpc) is 3.23. The Bertz CT molecular complexity index is 824. The molecule has 1 aromatic heterocycles. The van der Waals surface area contributed by atoms with Crippen molar-refractivity contribution in [3.05, 3.63) is 34.3 Å². The fourth-order valence-corrected chi connectivity index (χ4v) is 3.97. The minimum Gasteiger partial charge on any atom is -0.497 e. The molecule has 1 unspecified atom stereocenters. The predicted molar refractivity (Wildman–Crippen MR) is 113 cm³/mol. The van der Waals surface area contributed by atoms with E-state index in [1.54, 1.807) is 31.4 Å². The number of nitrogens with one attached hydrogen (secondary N) is 2. The number of carbonyl (C=O) groups excluding carboxylic acids is 2. The molecule has 1 saturated heterocycles. The summed E-state index contributed by atoms with van der Waals surface area (Å²) in [6, 6.07) is 7.58. The highest BCUT2D eigenvalue weighted by molar-refractivity contribution is 7.15. The van der Waals surface area contributed by atoms with E-state index in [1.165, 1.54) is 19.3 Å². The molecule has 2 amide bonds. The van der Waals surface area contributed by atoms with Crippen molar-refractivity contribution in [2.75, 3.05) is 32.1 Å². The van der Waals surface area contributed by atoms with Gasteiger partial charge in [0.15, 0.2) is 0 Å². The van der Waals surface area contributed by atoms with Crippen LogP contribution in [0.4, 0.5) is 5.69 Å². The van der Waals surface area contributed by atoms with Crippen molar-refractivity contribution in [2.24, 2.45) is 0 Å². The monoisotopic (exact) mass is 417 g/mol. The van der Waals surface area contributed by atoms with Gasteiger partial charge in [-0.25, -0.2) is 0 Å². The zero-order valence-electron chi connectivity index (χ0n) is 16.8.